The Bertz CT molecular complexity index is 448. The average Bonchev–Trinajstić information content (AvgIpc) is 2.72. The molecule has 0 amide bonds. The van der Waals surface area contributed by atoms with Crippen molar-refractivity contribution in [3.05, 3.63) is 23.8 Å². The maximum Gasteiger partial charge on any atom is 0.418 e. The first kappa shape index (κ1) is 14.0. The fraction of sp³-hybridized carbons (Fsp3) is 0.538. The van der Waals surface area contributed by atoms with Gasteiger partial charge in [-0.3, -0.25) is 0 Å². The summed E-state index contributed by atoms with van der Waals surface area (Å²) >= 11 is 0. The van der Waals surface area contributed by atoms with Crippen molar-refractivity contribution in [2.75, 3.05) is 24.2 Å². The van der Waals surface area contributed by atoms with Crippen molar-refractivity contribution in [3.63, 3.8) is 0 Å². The van der Waals surface area contributed by atoms with E-state index < -0.39 is 11.7 Å². The number of benzene rings is 1. The highest BCUT2D eigenvalue weighted by Crippen LogP contribution is 2.36. The third kappa shape index (κ3) is 3.32. The lowest BCUT2D eigenvalue weighted by Crippen LogP contribution is -2.22. The lowest BCUT2D eigenvalue weighted by molar-refractivity contribution is -0.136. The maximum atomic E-state index is 12.9. The standard InChI is InChI=1S/C13H17F3N2O/c1-8-9(4-5-19-8)7-18-12-3-2-10(17)6-11(12)13(14,15)16/h2-3,6,8-9,18H,4-5,7,17H2,1H3. The molecule has 0 spiro atoms. The highest BCUT2D eigenvalue weighted by Gasteiger charge is 2.34. The van der Waals surface area contributed by atoms with Crippen LogP contribution in [0.1, 0.15) is 18.9 Å². The number of hydrogen-bond donors (Lipinski definition) is 2. The van der Waals surface area contributed by atoms with Gasteiger partial charge in [0.25, 0.3) is 0 Å². The summed E-state index contributed by atoms with van der Waals surface area (Å²) in [6, 6.07) is 3.79. The Kier molecular flexibility index (Phi) is 3.89. The van der Waals surface area contributed by atoms with Crippen molar-refractivity contribution in [3.8, 4) is 0 Å². The molecule has 0 bridgehead atoms. The number of rotatable bonds is 3. The first-order chi connectivity index (χ1) is 8.88. The molecular formula is C13H17F3N2O. The van der Waals surface area contributed by atoms with Crippen LogP contribution in [-0.4, -0.2) is 19.3 Å². The van der Waals surface area contributed by atoms with Gasteiger partial charge >= 0.3 is 6.18 Å². The van der Waals surface area contributed by atoms with E-state index in [9.17, 15) is 13.2 Å². The Balaban J connectivity index is 2.11. The molecule has 1 heterocycles. The molecule has 106 valence electrons. The summed E-state index contributed by atoms with van der Waals surface area (Å²) in [5, 5.41) is 2.86. The third-order valence-electron chi connectivity index (χ3n) is 3.44. The highest BCUT2D eigenvalue weighted by molar-refractivity contribution is 5.59. The van der Waals surface area contributed by atoms with E-state index in [2.05, 4.69) is 5.32 Å². The molecule has 3 N–H and O–H groups in total. The molecule has 6 heteroatoms. The van der Waals surface area contributed by atoms with Gasteiger partial charge < -0.3 is 15.8 Å². The fourth-order valence-electron chi connectivity index (χ4n) is 2.24. The quantitative estimate of drug-likeness (QED) is 0.832. The maximum absolute atomic E-state index is 12.9. The van der Waals surface area contributed by atoms with Crippen LogP contribution in [0.3, 0.4) is 0 Å². The van der Waals surface area contributed by atoms with Crippen molar-refractivity contribution in [1.29, 1.82) is 0 Å². The zero-order valence-corrected chi connectivity index (χ0v) is 10.6. The summed E-state index contributed by atoms with van der Waals surface area (Å²) in [4.78, 5) is 0. The van der Waals surface area contributed by atoms with Crippen LogP contribution in [-0.2, 0) is 10.9 Å². The van der Waals surface area contributed by atoms with Gasteiger partial charge in [0.15, 0.2) is 0 Å². The van der Waals surface area contributed by atoms with E-state index in [0.717, 1.165) is 12.5 Å². The fourth-order valence-corrected chi connectivity index (χ4v) is 2.24. The van der Waals surface area contributed by atoms with Gasteiger partial charge in [-0.15, -0.1) is 0 Å². The summed E-state index contributed by atoms with van der Waals surface area (Å²) in [7, 11) is 0. The Morgan fingerprint density at radius 1 is 1.42 bits per heavy atom. The second-order valence-electron chi connectivity index (χ2n) is 4.81. The molecule has 0 radical (unpaired) electrons. The van der Waals surface area contributed by atoms with Crippen LogP contribution in [0.2, 0.25) is 0 Å². The normalized spacial score (nSPS) is 23.6. The van der Waals surface area contributed by atoms with E-state index in [4.69, 9.17) is 10.5 Å². The van der Waals surface area contributed by atoms with Gasteiger partial charge in [-0.2, -0.15) is 13.2 Å². The molecule has 1 aliphatic heterocycles. The number of hydrogen-bond acceptors (Lipinski definition) is 3. The molecule has 1 aromatic carbocycles. The second-order valence-corrected chi connectivity index (χ2v) is 4.81. The van der Waals surface area contributed by atoms with Crippen molar-refractivity contribution in [2.24, 2.45) is 5.92 Å². The zero-order chi connectivity index (χ0) is 14.0. The Labute approximate surface area is 109 Å². The summed E-state index contributed by atoms with van der Waals surface area (Å²) < 4.78 is 44.0. The van der Waals surface area contributed by atoms with Crippen molar-refractivity contribution in [2.45, 2.75) is 25.6 Å². The van der Waals surface area contributed by atoms with Crippen molar-refractivity contribution in [1.82, 2.24) is 0 Å². The van der Waals surface area contributed by atoms with Crippen LogP contribution in [0.25, 0.3) is 0 Å². The van der Waals surface area contributed by atoms with Gasteiger partial charge in [-0.1, -0.05) is 0 Å². The molecule has 0 saturated carbocycles. The van der Waals surface area contributed by atoms with Gasteiger partial charge in [0.05, 0.1) is 11.7 Å². The van der Waals surface area contributed by atoms with E-state index in [0.29, 0.717) is 13.2 Å². The molecule has 1 aliphatic rings. The predicted molar refractivity (Wildman–Crippen MR) is 67.9 cm³/mol. The van der Waals surface area contributed by atoms with Gasteiger partial charge in [-0.05, 0) is 31.5 Å². The smallest absolute Gasteiger partial charge is 0.399 e. The number of nitrogens with one attached hydrogen (secondary N) is 1. The molecule has 0 aromatic heterocycles. The Morgan fingerprint density at radius 2 is 2.16 bits per heavy atom. The minimum atomic E-state index is -4.41. The van der Waals surface area contributed by atoms with Crippen LogP contribution in [0, 0.1) is 5.92 Å². The van der Waals surface area contributed by atoms with Crippen LogP contribution in [0.15, 0.2) is 18.2 Å². The molecule has 0 aliphatic carbocycles. The highest BCUT2D eigenvalue weighted by atomic mass is 19.4. The topological polar surface area (TPSA) is 47.3 Å². The van der Waals surface area contributed by atoms with Gasteiger partial charge in [0.2, 0.25) is 0 Å². The molecule has 19 heavy (non-hydrogen) atoms. The molecule has 2 atom stereocenters. The van der Waals surface area contributed by atoms with E-state index in [1.807, 2.05) is 6.92 Å². The SMILES string of the molecule is CC1OCCC1CNc1ccc(N)cc1C(F)(F)F. The first-order valence-electron chi connectivity index (χ1n) is 6.20. The number of alkyl halides is 3. The van der Waals surface area contributed by atoms with E-state index in [-0.39, 0.29) is 23.4 Å². The van der Waals surface area contributed by atoms with Crippen LogP contribution < -0.4 is 11.1 Å². The monoisotopic (exact) mass is 274 g/mol. The van der Waals surface area contributed by atoms with Crippen LogP contribution in [0.4, 0.5) is 24.5 Å². The molecule has 1 fully saturated rings. The third-order valence-corrected chi connectivity index (χ3v) is 3.44. The molecule has 2 unspecified atom stereocenters. The number of halogens is 3. The number of ether oxygens (including phenoxy) is 1. The minimum Gasteiger partial charge on any atom is -0.399 e. The summed E-state index contributed by atoms with van der Waals surface area (Å²) in [5.41, 5.74) is 4.87. The summed E-state index contributed by atoms with van der Waals surface area (Å²) in [6.45, 7) is 3.07. The zero-order valence-electron chi connectivity index (χ0n) is 10.6. The largest absolute Gasteiger partial charge is 0.418 e. The van der Waals surface area contributed by atoms with E-state index >= 15 is 0 Å². The first-order valence-corrected chi connectivity index (χ1v) is 6.20. The Hall–Kier alpha value is -1.43. The molecule has 3 nitrogen and oxygen atoms in total. The number of nitrogens with two attached hydrogens (primary N) is 1. The van der Waals surface area contributed by atoms with E-state index in [1.165, 1.54) is 12.1 Å². The molecular weight excluding hydrogens is 257 g/mol. The van der Waals surface area contributed by atoms with Crippen molar-refractivity contribution < 1.29 is 17.9 Å². The molecule has 2 rings (SSSR count). The van der Waals surface area contributed by atoms with E-state index in [1.54, 1.807) is 0 Å². The minimum absolute atomic E-state index is 0.0702. The van der Waals surface area contributed by atoms with Gasteiger partial charge in [0, 0.05) is 30.4 Å². The van der Waals surface area contributed by atoms with Gasteiger partial charge in [0.1, 0.15) is 0 Å². The molecule has 1 aromatic rings. The average molecular weight is 274 g/mol. The number of nitrogen functional groups attached to an aromatic ring is 1. The lowest BCUT2D eigenvalue weighted by Gasteiger charge is -2.19. The van der Waals surface area contributed by atoms with Gasteiger partial charge in [-0.25, -0.2) is 0 Å². The summed E-state index contributed by atoms with van der Waals surface area (Å²) in [6.07, 6.45) is -3.46. The second kappa shape index (κ2) is 5.28. The van der Waals surface area contributed by atoms with Crippen molar-refractivity contribution >= 4 is 11.4 Å². The van der Waals surface area contributed by atoms with Crippen LogP contribution >= 0.6 is 0 Å². The Morgan fingerprint density at radius 3 is 2.74 bits per heavy atom. The lowest BCUT2D eigenvalue weighted by atomic mass is 10.0. The van der Waals surface area contributed by atoms with Crippen LogP contribution in [0.5, 0.6) is 0 Å². The predicted octanol–water partition coefficient (Wildman–Crippen LogP) is 3.12. The number of anilines is 2. The molecule has 1 saturated heterocycles. The summed E-state index contributed by atoms with van der Waals surface area (Å²) in [5.74, 6) is 0.235.